The summed E-state index contributed by atoms with van der Waals surface area (Å²) < 4.78 is 18.0. The average Bonchev–Trinajstić information content (AvgIpc) is 2.48. The Morgan fingerprint density at radius 1 is 1.15 bits per heavy atom. The molecular weight excluding hydrogens is 257 g/mol. The van der Waals surface area contributed by atoms with Crippen molar-refractivity contribution in [2.45, 2.75) is 12.5 Å². The summed E-state index contributed by atoms with van der Waals surface area (Å²) in [5.41, 5.74) is 1.80. The van der Waals surface area contributed by atoms with Crippen molar-refractivity contribution in [3.63, 3.8) is 0 Å². The van der Waals surface area contributed by atoms with Gasteiger partial charge in [-0.3, -0.25) is 0 Å². The molecule has 3 nitrogen and oxygen atoms in total. The minimum atomic E-state index is -0.360. The zero-order chi connectivity index (χ0) is 14.4. The predicted molar refractivity (Wildman–Crippen MR) is 74.0 cm³/mol. The second kappa shape index (κ2) is 6.64. The fraction of sp³-hybridized carbons (Fsp3) is 0.188. The maximum Gasteiger partial charge on any atom is 0.235 e. The van der Waals surface area contributed by atoms with Crippen molar-refractivity contribution in [3.8, 4) is 5.75 Å². The topological polar surface area (TPSA) is 38.7 Å². The lowest BCUT2D eigenvalue weighted by molar-refractivity contribution is 0.414. The van der Waals surface area contributed by atoms with Gasteiger partial charge in [0.15, 0.2) is 0 Å². The molecule has 2 aromatic carbocycles. The van der Waals surface area contributed by atoms with Gasteiger partial charge < -0.3 is 4.74 Å². The molecule has 0 fully saturated rings. The quantitative estimate of drug-likeness (QED) is 0.617. The van der Waals surface area contributed by atoms with Gasteiger partial charge in [-0.2, -0.15) is 4.99 Å². The molecule has 0 radical (unpaired) electrons. The third-order valence-electron chi connectivity index (χ3n) is 3.05. The lowest BCUT2D eigenvalue weighted by atomic mass is 9.99. The van der Waals surface area contributed by atoms with Crippen molar-refractivity contribution in [2.75, 3.05) is 7.11 Å². The summed E-state index contributed by atoms with van der Waals surface area (Å²) in [6.07, 6.45) is 2.13. The molecule has 0 heterocycles. The first-order valence-corrected chi connectivity index (χ1v) is 6.18. The van der Waals surface area contributed by atoms with Crippen LogP contribution in [-0.4, -0.2) is 13.2 Å². The van der Waals surface area contributed by atoms with E-state index < -0.39 is 0 Å². The number of hydrogen-bond donors (Lipinski definition) is 0. The molecule has 0 amide bonds. The first kappa shape index (κ1) is 14.0. The number of methoxy groups -OCH3 is 1. The first-order chi connectivity index (χ1) is 9.72. The highest BCUT2D eigenvalue weighted by molar-refractivity contribution is 5.37. The highest BCUT2D eigenvalue weighted by Crippen LogP contribution is 2.23. The van der Waals surface area contributed by atoms with Gasteiger partial charge in [0.2, 0.25) is 6.08 Å². The SMILES string of the molecule is COc1ccc(CC(N=C=O)c2ccc(F)cc2)cc1. The number of halogens is 1. The van der Waals surface area contributed by atoms with Gasteiger partial charge >= 0.3 is 0 Å². The maximum atomic E-state index is 12.9. The number of isocyanates is 1. The monoisotopic (exact) mass is 271 g/mol. The van der Waals surface area contributed by atoms with Crippen molar-refractivity contribution < 1.29 is 13.9 Å². The van der Waals surface area contributed by atoms with Crippen molar-refractivity contribution in [1.82, 2.24) is 0 Å². The van der Waals surface area contributed by atoms with Crippen LogP contribution in [0.1, 0.15) is 17.2 Å². The molecule has 4 heteroatoms. The summed E-state index contributed by atoms with van der Waals surface area (Å²) >= 11 is 0. The molecule has 2 aromatic rings. The van der Waals surface area contributed by atoms with Crippen LogP contribution in [0.25, 0.3) is 0 Å². The number of carbonyl (C=O) groups excluding carboxylic acids is 1. The van der Waals surface area contributed by atoms with E-state index in [-0.39, 0.29) is 11.9 Å². The van der Waals surface area contributed by atoms with Crippen molar-refractivity contribution in [2.24, 2.45) is 4.99 Å². The van der Waals surface area contributed by atoms with Gasteiger partial charge in [0.05, 0.1) is 13.2 Å². The van der Waals surface area contributed by atoms with Gasteiger partial charge in [-0.05, 0) is 41.8 Å². The van der Waals surface area contributed by atoms with Crippen LogP contribution in [0.15, 0.2) is 53.5 Å². The summed E-state index contributed by atoms with van der Waals surface area (Å²) in [5, 5.41) is 0. The van der Waals surface area contributed by atoms with Crippen LogP contribution in [-0.2, 0) is 11.2 Å². The summed E-state index contributed by atoms with van der Waals surface area (Å²) in [7, 11) is 1.60. The van der Waals surface area contributed by atoms with E-state index in [0.29, 0.717) is 6.42 Å². The average molecular weight is 271 g/mol. The molecule has 0 spiro atoms. The zero-order valence-corrected chi connectivity index (χ0v) is 11.0. The minimum absolute atomic E-state index is 0.313. The smallest absolute Gasteiger partial charge is 0.235 e. The fourth-order valence-electron chi connectivity index (χ4n) is 1.97. The van der Waals surface area contributed by atoms with Crippen LogP contribution in [0.2, 0.25) is 0 Å². The number of ether oxygens (including phenoxy) is 1. The second-order valence-corrected chi connectivity index (χ2v) is 4.34. The van der Waals surface area contributed by atoms with E-state index in [9.17, 15) is 9.18 Å². The van der Waals surface area contributed by atoms with Gasteiger partial charge in [-0.1, -0.05) is 24.3 Å². The maximum absolute atomic E-state index is 12.9. The minimum Gasteiger partial charge on any atom is -0.497 e. The second-order valence-electron chi connectivity index (χ2n) is 4.34. The number of aliphatic imine (C=N–C) groups is 1. The molecule has 20 heavy (non-hydrogen) atoms. The van der Waals surface area contributed by atoms with Gasteiger partial charge in [-0.15, -0.1) is 0 Å². The Balaban J connectivity index is 2.20. The highest BCUT2D eigenvalue weighted by Gasteiger charge is 2.11. The summed E-state index contributed by atoms with van der Waals surface area (Å²) in [6, 6.07) is 13.1. The van der Waals surface area contributed by atoms with Crippen LogP contribution in [0.4, 0.5) is 4.39 Å². The molecule has 0 aliphatic rings. The van der Waals surface area contributed by atoms with Crippen molar-refractivity contribution in [1.29, 1.82) is 0 Å². The Bertz CT molecular complexity index is 601. The van der Waals surface area contributed by atoms with Crippen LogP contribution < -0.4 is 4.74 Å². The predicted octanol–water partition coefficient (Wildman–Crippen LogP) is 3.45. The summed E-state index contributed by atoms with van der Waals surface area (Å²) in [5.74, 6) is 0.456. The Hall–Kier alpha value is -2.45. The molecule has 0 bridgehead atoms. The molecule has 2 rings (SSSR count). The highest BCUT2D eigenvalue weighted by atomic mass is 19.1. The van der Waals surface area contributed by atoms with Crippen LogP contribution in [0.3, 0.4) is 0 Å². The molecule has 0 N–H and O–H groups in total. The fourth-order valence-corrected chi connectivity index (χ4v) is 1.97. The van der Waals surface area contributed by atoms with E-state index in [1.165, 1.54) is 12.1 Å². The lowest BCUT2D eigenvalue weighted by Crippen LogP contribution is -2.00. The van der Waals surface area contributed by atoms with E-state index in [1.54, 1.807) is 25.3 Å². The summed E-state index contributed by atoms with van der Waals surface area (Å²) in [4.78, 5) is 14.4. The van der Waals surface area contributed by atoms with Crippen LogP contribution in [0.5, 0.6) is 5.75 Å². The Labute approximate surface area is 116 Å². The normalized spacial score (nSPS) is 11.5. The summed E-state index contributed by atoms with van der Waals surface area (Å²) in [6.45, 7) is 0. The third-order valence-corrected chi connectivity index (χ3v) is 3.05. The molecule has 0 saturated carbocycles. The van der Waals surface area contributed by atoms with Crippen LogP contribution in [0, 0.1) is 5.82 Å². The van der Waals surface area contributed by atoms with E-state index in [1.807, 2.05) is 24.3 Å². The number of rotatable bonds is 5. The van der Waals surface area contributed by atoms with Crippen molar-refractivity contribution >= 4 is 6.08 Å². The molecule has 0 saturated heterocycles. The molecule has 0 aromatic heterocycles. The van der Waals surface area contributed by atoms with Gasteiger partial charge in [-0.25, -0.2) is 9.18 Å². The van der Waals surface area contributed by atoms with Crippen LogP contribution >= 0.6 is 0 Å². The molecule has 1 atom stereocenters. The molecule has 0 aliphatic carbocycles. The number of nitrogens with zero attached hydrogens (tertiary/aromatic N) is 1. The largest absolute Gasteiger partial charge is 0.497 e. The van der Waals surface area contributed by atoms with Crippen molar-refractivity contribution in [3.05, 3.63) is 65.5 Å². The number of hydrogen-bond acceptors (Lipinski definition) is 3. The van der Waals surface area contributed by atoms with E-state index in [4.69, 9.17) is 4.74 Å². The zero-order valence-electron chi connectivity index (χ0n) is 11.0. The Kier molecular flexibility index (Phi) is 4.64. The first-order valence-electron chi connectivity index (χ1n) is 6.18. The Morgan fingerprint density at radius 3 is 2.35 bits per heavy atom. The van der Waals surface area contributed by atoms with E-state index in [2.05, 4.69) is 4.99 Å². The lowest BCUT2D eigenvalue weighted by Gasteiger charge is -2.11. The standard InChI is InChI=1S/C16H14FNO2/c1-20-15-8-2-12(3-9-15)10-16(18-11-19)13-4-6-14(17)7-5-13/h2-9,16H,10H2,1H3. The van der Waals surface area contributed by atoms with E-state index >= 15 is 0 Å². The molecule has 102 valence electrons. The molecule has 0 aliphatic heterocycles. The van der Waals surface area contributed by atoms with E-state index in [0.717, 1.165) is 16.9 Å². The van der Waals surface area contributed by atoms with Gasteiger partial charge in [0.25, 0.3) is 0 Å². The third kappa shape index (κ3) is 3.53. The Morgan fingerprint density at radius 2 is 1.80 bits per heavy atom. The van der Waals surface area contributed by atoms with Gasteiger partial charge in [0, 0.05) is 0 Å². The number of benzene rings is 2. The molecular formula is C16H14FNO2. The molecule has 1 unspecified atom stereocenters. The van der Waals surface area contributed by atoms with Gasteiger partial charge in [0.1, 0.15) is 11.6 Å².